The standard InChI is InChI=1S/C19H27N7O2.2ClH/c1-20-18(15-13-23-24(2)14-15)19(28)22-8-6-17(27)26-11-9-25(10-12-26)16-5-3-4-7-21-16;;/h3-5,7,13-14,18,20H,6,8-12H2,1-2H3,(H,22,28);2*1H. The van der Waals surface area contributed by atoms with Crippen LogP contribution in [0.3, 0.4) is 0 Å². The molecule has 1 saturated heterocycles. The van der Waals surface area contributed by atoms with Crippen LogP contribution in [0.25, 0.3) is 0 Å². The summed E-state index contributed by atoms with van der Waals surface area (Å²) in [6.45, 7) is 3.17. The fraction of sp³-hybridized carbons (Fsp3) is 0.474. The number of anilines is 1. The van der Waals surface area contributed by atoms with E-state index in [1.165, 1.54) is 0 Å². The van der Waals surface area contributed by atoms with Crippen molar-refractivity contribution < 1.29 is 9.59 Å². The van der Waals surface area contributed by atoms with E-state index in [1.807, 2.05) is 23.1 Å². The summed E-state index contributed by atoms with van der Waals surface area (Å²) < 4.78 is 1.65. The Bertz CT molecular complexity index is 795. The summed E-state index contributed by atoms with van der Waals surface area (Å²) in [5, 5.41) is 9.91. The minimum absolute atomic E-state index is 0. The number of hydrogen-bond donors (Lipinski definition) is 2. The average molecular weight is 458 g/mol. The van der Waals surface area contributed by atoms with E-state index in [9.17, 15) is 9.59 Å². The molecule has 166 valence electrons. The third kappa shape index (κ3) is 6.58. The molecule has 3 rings (SSSR count). The van der Waals surface area contributed by atoms with Crippen molar-refractivity contribution in [3.8, 4) is 0 Å². The predicted molar refractivity (Wildman–Crippen MR) is 120 cm³/mol. The number of nitrogens with zero attached hydrogens (tertiary/aromatic N) is 5. The van der Waals surface area contributed by atoms with Crippen molar-refractivity contribution in [3.63, 3.8) is 0 Å². The number of aryl methyl sites for hydroxylation is 1. The summed E-state index contributed by atoms with van der Waals surface area (Å²) in [6.07, 6.45) is 5.53. The number of rotatable bonds is 7. The number of aromatic nitrogens is 3. The Labute approximate surface area is 189 Å². The number of likely N-dealkylation sites (N-methyl/N-ethyl adjacent to an activating group) is 1. The van der Waals surface area contributed by atoms with E-state index in [4.69, 9.17) is 0 Å². The lowest BCUT2D eigenvalue weighted by atomic mass is 10.1. The fourth-order valence-corrected chi connectivity index (χ4v) is 3.32. The van der Waals surface area contributed by atoms with E-state index in [1.54, 1.807) is 37.4 Å². The van der Waals surface area contributed by atoms with Crippen LogP contribution in [0.15, 0.2) is 36.8 Å². The quantitative estimate of drug-likeness (QED) is 0.637. The number of carbonyl (C=O) groups is 2. The van der Waals surface area contributed by atoms with Crippen LogP contribution in [-0.4, -0.2) is 71.3 Å². The smallest absolute Gasteiger partial charge is 0.241 e. The molecule has 3 heterocycles. The summed E-state index contributed by atoms with van der Waals surface area (Å²) in [5.41, 5.74) is 0.791. The van der Waals surface area contributed by atoms with Gasteiger partial charge in [0.1, 0.15) is 11.9 Å². The lowest BCUT2D eigenvalue weighted by Crippen LogP contribution is -2.49. The first-order chi connectivity index (χ1) is 13.6. The molecule has 0 bridgehead atoms. The summed E-state index contributed by atoms with van der Waals surface area (Å²) in [6, 6.07) is 5.36. The zero-order valence-electron chi connectivity index (χ0n) is 17.2. The fourth-order valence-electron chi connectivity index (χ4n) is 3.32. The van der Waals surface area contributed by atoms with Crippen molar-refractivity contribution in [1.82, 2.24) is 30.3 Å². The zero-order chi connectivity index (χ0) is 19.9. The van der Waals surface area contributed by atoms with Crippen molar-refractivity contribution in [2.75, 3.05) is 44.7 Å². The van der Waals surface area contributed by atoms with Crippen LogP contribution in [-0.2, 0) is 16.6 Å². The van der Waals surface area contributed by atoms with Gasteiger partial charge in [0.2, 0.25) is 11.8 Å². The van der Waals surface area contributed by atoms with Crippen LogP contribution in [0.5, 0.6) is 0 Å². The Kier molecular flexibility index (Phi) is 10.6. The molecule has 0 spiro atoms. The SMILES string of the molecule is CNC(C(=O)NCCC(=O)N1CCN(c2ccccn2)CC1)c1cnn(C)c1.Cl.Cl. The number of halogens is 2. The van der Waals surface area contributed by atoms with Gasteiger partial charge < -0.3 is 20.4 Å². The van der Waals surface area contributed by atoms with E-state index in [-0.39, 0.29) is 36.6 Å². The molecule has 0 aliphatic carbocycles. The summed E-state index contributed by atoms with van der Waals surface area (Å²) in [7, 11) is 3.53. The van der Waals surface area contributed by atoms with Crippen LogP contribution >= 0.6 is 24.8 Å². The number of carbonyl (C=O) groups excluding carboxylic acids is 2. The Balaban J connectivity index is 0.00000225. The molecule has 2 amide bonds. The second-order valence-electron chi connectivity index (χ2n) is 6.77. The van der Waals surface area contributed by atoms with E-state index in [2.05, 4.69) is 25.6 Å². The zero-order valence-corrected chi connectivity index (χ0v) is 18.8. The first kappa shape index (κ1) is 25.7. The van der Waals surface area contributed by atoms with Crippen molar-refractivity contribution in [3.05, 3.63) is 42.4 Å². The van der Waals surface area contributed by atoms with Crippen LogP contribution in [0.1, 0.15) is 18.0 Å². The summed E-state index contributed by atoms with van der Waals surface area (Å²) in [4.78, 5) is 33.2. The predicted octanol–water partition coefficient (Wildman–Crippen LogP) is 0.774. The van der Waals surface area contributed by atoms with Crippen molar-refractivity contribution in [2.45, 2.75) is 12.5 Å². The summed E-state index contributed by atoms with van der Waals surface area (Å²) in [5.74, 6) is 0.835. The van der Waals surface area contributed by atoms with Crippen LogP contribution in [0.2, 0.25) is 0 Å². The Morgan fingerprint density at radius 1 is 1.17 bits per heavy atom. The van der Waals surface area contributed by atoms with Gasteiger partial charge in [-0.05, 0) is 19.2 Å². The molecule has 11 heteroatoms. The number of amides is 2. The van der Waals surface area contributed by atoms with Gasteiger partial charge in [-0.25, -0.2) is 4.98 Å². The highest BCUT2D eigenvalue weighted by Crippen LogP contribution is 2.13. The minimum Gasteiger partial charge on any atom is -0.354 e. The average Bonchev–Trinajstić information content (AvgIpc) is 3.15. The lowest BCUT2D eigenvalue weighted by molar-refractivity contribution is -0.131. The van der Waals surface area contributed by atoms with Gasteiger partial charge in [0.15, 0.2) is 0 Å². The van der Waals surface area contributed by atoms with Gasteiger partial charge in [0.05, 0.1) is 6.20 Å². The molecule has 1 aliphatic rings. The van der Waals surface area contributed by atoms with Crippen molar-refractivity contribution >= 4 is 42.4 Å². The number of hydrogen-bond acceptors (Lipinski definition) is 6. The molecule has 2 aromatic rings. The van der Waals surface area contributed by atoms with Crippen LogP contribution in [0.4, 0.5) is 5.82 Å². The molecule has 1 unspecified atom stereocenters. The molecule has 30 heavy (non-hydrogen) atoms. The highest BCUT2D eigenvalue weighted by atomic mass is 35.5. The third-order valence-corrected chi connectivity index (χ3v) is 4.85. The van der Waals surface area contributed by atoms with Crippen molar-refractivity contribution in [2.24, 2.45) is 7.05 Å². The molecule has 1 atom stereocenters. The highest BCUT2D eigenvalue weighted by Gasteiger charge is 2.23. The van der Waals surface area contributed by atoms with Gasteiger partial charge in [-0.3, -0.25) is 14.3 Å². The molecule has 9 nitrogen and oxygen atoms in total. The van der Waals surface area contributed by atoms with Gasteiger partial charge in [-0.15, -0.1) is 24.8 Å². The molecule has 0 aromatic carbocycles. The maximum Gasteiger partial charge on any atom is 0.241 e. The van der Waals surface area contributed by atoms with E-state index < -0.39 is 6.04 Å². The van der Waals surface area contributed by atoms with Gasteiger partial charge >= 0.3 is 0 Å². The maximum atomic E-state index is 12.4. The third-order valence-electron chi connectivity index (χ3n) is 4.85. The summed E-state index contributed by atoms with van der Waals surface area (Å²) >= 11 is 0. The molecular weight excluding hydrogens is 429 g/mol. The van der Waals surface area contributed by atoms with Crippen LogP contribution < -0.4 is 15.5 Å². The molecule has 2 N–H and O–H groups in total. The second kappa shape index (κ2) is 12.4. The normalized spacial score (nSPS) is 14.3. The van der Waals surface area contributed by atoms with Gasteiger partial charge in [0.25, 0.3) is 0 Å². The van der Waals surface area contributed by atoms with Crippen molar-refractivity contribution in [1.29, 1.82) is 0 Å². The van der Waals surface area contributed by atoms with Gasteiger partial charge in [0, 0.05) is 64.1 Å². The largest absolute Gasteiger partial charge is 0.354 e. The first-order valence-corrected chi connectivity index (χ1v) is 9.45. The molecule has 1 fully saturated rings. The molecule has 0 radical (unpaired) electrons. The van der Waals surface area contributed by atoms with Crippen LogP contribution in [0, 0.1) is 0 Å². The Hall–Kier alpha value is -2.36. The van der Waals surface area contributed by atoms with Gasteiger partial charge in [-0.2, -0.15) is 5.10 Å². The number of pyridine rings is 1. The van der Waals surface area contributed by atoms with E-state index >= 15 is 0 Å². The van der Waals surface area contributed by atoms with Gasteiger partial charge in [-0.1, -0.05) is 6.07 Å². The lowest BCUT2D eigenvalue weighted by Gasteiger charge is -2.35. The molecule has 0 saturated carbocycles. The maximum absolute atomic E-state index is 12.4. The molecular formula is C19H29Cl2N7O2. The number of piperazine rings is 1. The first-order valence-electron chi connectivity index (χ1n) is 9.45. The number of nitrogens with one attached hydrogen (secondary N) is 2. The second-order valence-corrected chi connectivity index (χ2v) is 6.77. The van der Waals surface area contributed by atoms with E-state index in [0.717, 1.165) is 24.5 Å². The Morgan fingerprint density at radius 3 is 2.47 bits per heavy atom. The minimum atomic E-state index is -0.481. The monoisotopic (exact) mass is 457 g/mol. The van der Waals surface area contributed by atoms with E-state index in [0.29, 0.717) is 26.1 Å². The molecule has 2 aromatic heterocycles. The Morgan fingerprint density at radius 2 is 1.90 bits per heavy atom. The highest BCUT2D eigenvalue weighted by molar-refractivity contribution is 5.85. The molecule has 1 aliphatic heterocycles. The topological polar surface area (TPSA) is 95.4 Å².